The molecule has 2 rings (SSSR count). The maximum absolute atomic E-state index is 13.5. The van der Waals surface area contributed by atoms with Gasteiger partial charge in [0.25, 0.3) is 0 Å². The topological polar surface area (TPSA) is 48.1 Å². The van der Waals surface area contributed by atoms with Gasteiger partial charge in [-0.2, -0.15) is 0 Å². The molecule has 2 N–H and O–H groups in total. The lowest BCUT2D eigenvalue weighted by atomic mass is 10.00. The van der Waals surface area contributed by atoms with Gasteiger partial charge >= 0.3 is 0 Å². The minimum atomic E-state index is -0.591. The van der Waals surface area contributed by atoms with Crippen molar-refractivity contribution in [1.82, 2.24) is 4.98 Å². The van der Waals surface area contributed by atoms with Crippen LogP contribution in [0.4, 0.5) is 8.78 Å². The fourth-order valence-corrected chi connectivity index (χ4v) is 1.82. The molecule has 1 atom stereocenters. The third-order valence-corrected chi connectivity index (χ3v) is 2.88. The van der Waals surface area contributed by atoms with Crippen molar-refractivity contribution in [2.24, 2.45) is 5.73 Å². The van der Waals surface area contributed by atoms with E-state index >= 15 is 0 Å². The average Bonchev–Trinajstić information content (AvgIpc) is 2.43. The Balaban J connectivity index is 2.23. The van der Waals surface area contributed by atoms with E-state index in [9.17, 15) is 8.78 Å². The summed E-state index contributed by atoms with van der Waals surface area (Å²) >= 11 is 0. The molecule has 0 saturated carbocycles. The summed E-state index contributed by atoms with van der Waals surface area (Å²) in [6.07, 6.45) is 3.17. The lowest BCUT2D eigenvalue weighted by molar-refractivity contribution is 0.411. The summed E-state index contributed by atoms with van der Waals surface area (Å²) in [6, 6.07) is 4.92. The van der Waals surface area contributed by atoms with Crippen molar-refractivity contribution < 1.29 is 13.5 Å². The summed E-state index contributed by atoms with van der Waals surface area (Å²) in [5.74, 6) is -0.625. The second-order valence-electron chi connectivity index (χ2n) is 4.17. The van der Waals surface area contributed by atoms with Gasteiger partial charge in [-0.05, 0) is 30.2 Å². The van der Waals surface area contributed by atoms with Gasteiger partial charge in [0.1, 0.15) is 17.4 Å². The number of aromatic nitrogens is 1. The Morgan fingerprint density at radius 3 is 2.58 bits per heavy atom. The molecule has 100 valence electrons. The highest BCUT2D eigenvalue weighted by molar-refractivity contribution is 5.28. The van der Waals surface area contributed by atoms with E-state index in [-0.39, 0.29) is 12.0 Å². The maximum Gasteiger partial charge on any atom is 0.137 e. The minimum Gasteiger partial charge on any atom is -0.495 e. The van der Waals surface area contributed by atoms with E-state index in [0.717, 1.165) is 0 Å². The quantitative estimate of drug-likeness (QED) is 0.923. The van der Waals surface area contributed by atoms with Crippen LogP contribution in [0.15, 0.2) is 36.7 Å². The zero-order valence-electron chi connectivity index (χ0n) is 10.4. The highest BCUT2D eigenvalue weighted by atomic mass is 19.1. The van der Waals surface area contributed by atoms with Gasteiger partial charge in [-0.3, -0.25) is 4.98 Å². The predicted octanol–water partition coefficient (Wildman–Crippen LogP) is 2.61. The molecular formula is C14H14F2N2O. The van der Waals surface area contributed by atoms with Gasteiger partial charge in [0.15, 0.2) is 0 Å². The third-order valence-electron chi connectivity index (χ3n) is 2.88. The molecule has 5 heteroatoms. The van der Waals surface area contributed by atoms with Gasteiger partial charge in [0.2, 0.25) is 0 Å². The molecule has 0 radical (unpaired) electrons. The molecule has 1 unspecified atom stereocenters. The van der Waals surface area contributed by atoms with Crippen LogP contribution in [0.25, 0.3) is 0 Å². The number of benzene rings is 1. The third kappa shape index (κ3) is 3.06. The molecule has 3 nitrogen and oxygen atoms in total. The molecule has 0 amide bonds. The Labute approximate surface area is 110 Å². The zero-order valence-corrected chi connectivity index (χ0v) is 10.4. The molecule has 0 saturated heterocycles. The lowest BCUT2D eigenvalue weighted by Gasteiger charge is -2.13. The largest absolute Gasteiger partial charge is 0.495 e. The molecule has 0 fully saturated rings. The SMILES string of the molecule is COc1cncc(C(N)Cc2c(F)cccc2F)c1. The fraction of sp³-hybridized carbons (Fsp3) is 0.214. The predicted molar refractivity (Wildman–Crippen MR) is 67.8 cm³/mol. The number of rotatable bonds is 4. The van der Waals surface area contributed by atoms with Crippen LogP contribution in [0.1, 0.15) is 17.2 Å². The van der Waals surface area contributed by atoms with Gasteiger partial charge in [-0.25, -0.2) is 8.78 Å². The normalized spacial score (nSPS) is 12.2. The average molecular weight is 264 g/mol. The molecule has 0 spiro atoms. The number of methoxy groups -OCH3 is 1. The monoisotopic (exact) mass is 264 g/mol. The van der Waals surface area contributed by atoms with Crippen LogP contribution in [0, 0.1) is 11.6 Å². The number of hydrogen-bond acceptors (Lipinski definition) is 3. The maximum atomic E-state index is 13.5. The smallest absolute Gasteiger partial charge is 0.137 e. The fourth-order valence-electron chi connectivity index (χ4n) is 1.82. The molecule has 0 aliphatic heterocycles. The standard InChI is InChI=1S/C14H14F2N2O/c1-19-10-5-9(7-18-8-10)14(17)6-11-12(15)3-2-4-13(11)16/h2-5,7-8,14H,6,17H2,1H3. The highest BCUT2D eigenvalue weighted by Gasteiger charge is 2.15. The first-order chi connectivity index (χ1) is 9.11. The molecule has 0 aliphatic carbocycles. The molecule has 2 aromatic rings. The minimum absolute atomic E-state index is 0.0159. The van der Waals surface area contributed by atoms with Crippen LogP contribution in [-0.2, 0) is 6.42 Å². The van der Waals surface area contributed by atoms with E-state index in [1.54, 1.807) is 18.5 Å². The van der Waals surface area contributed by atoms with Crippen molar-refractivity contribution in [1.29, 1.82) is 0 Å². The summed E-state index contributed by atoms with van der Waals surface area (Å²) in [6.45, 7) is 0. The molecule has 0 bridgehead atoms. The Hall–Kier alpha value is -2.01. The van der Waals surface area contributed by atoms with Crippen LogP contribution >= 0.6 is 0 Å². The van der Waals surface area contributed by atoms with E-state index in [1.807, 2.05) is 0 Å². The van der Waals surface area contributed by atoms with Gasteiger partial charge in [-0.15, -0.1) is 0 Å². The number of pyridine rings is 1. The van der Waals surface area contributed by atoms with E-state index in [1.165, 1.54) is 25.3 Å². The zero-order chi connectivity index (χ0) is 13.8. The van der Waals surface area contributed by atoms with Crippen LogP contribution in [0.2, 0.25) is 0 Å². The van der Waals surface area contributed by atoms with Crippen molar-refractivity contribution >= 4 is 0 Å². The summed E-state index contributed by atoms with van der Waals surface area (Å²) in [4.78, 5) is 3.97. The molecule has 19 heavy (non-hydrogen) atoms. The van der Waals surface area contributed by atoms with Gasteiger partial charge in [-0.1, -0.05) is 6.07 Å². The Kier molecular flexibility index (Phi) is 4.06. The molecular weight excluding hydrogens is 250 g/mol. The number of hydrogen-bond donors (Lipinski definition) is 1. The second kappa shape index (κ2) is 5.75. The number of nitrogens with zero attached hydrogens (tertiary/aromatic N) is 1. The van der Waals surface area contributed by atoms with E-state index in [4.69, 9.17) is 10.5 Å². The second-order valence-corrected chi connectivity index (χ2v) is 4.17. The van der Waals surface area contributed by atoms with Crippen LogP contribution in [0.3, 0.4) is 0 Å². The van der Waals surface area contributed by atoms with E-state index < -0.39 is 17.7 Å². The summed E-state index contributed by atoms with van der Waals surface area (Å²) in [7, 11) is 1.52. The first-order valence-electron chi connectivity index (χ1n) is 5.79. The number of ether oxygens (including phenoxy) is 1. The molecule has 1 aromatic carbocycles. The van der Waals surface area contributed by atoms with Gasteiger partial charge < -0.3 is 10.5 Å². The van der Waals surface area contributed by atoms with Crippen molar-refractivity contribution in [3.8, 4) is 5.75 Å². The van der Waals surface area contributed by atoms with Gasteiger partial charge in [0.05, 0.1) is 13.3 Å². The first kappa shape index (κ1) is 13.4. The summed E-state index contributed by atoms with van der Waals surface area (Å²) < 4.78 is 32.1. The van der Waals surface area contributed by atoms with E-state index in [0.29, 0.717) is 11.3 Å². The van der Waals surface area contributed by atoms with Gasteiger partial charge in [0, 0.05) is 17.8 Å². The Morgan fingerprint density at radius 2 is 1.95 bits per heavy atom. The Bertz CT molecular complexity index is 555. The number of nitrogens with two attached hydrogens (primary N) is 1. The van der Waals surface area contributed by atoms with Crippen LogP contribution < -0.4 is 10.5 Å². The van der Waals surface area contributed by atoms with Crippen molar-refractivity contribution in [2.75, 3.05) is 7.11 Å². The highest BCUT2D eigenvalue weighted by Crippen LogP contribution is 2.22. The molecule has 1 aromatic heterocycles. The van der Waals surface area contributed by atoms with Crippen LogP contribution in [-0.4, -0.2) is 12.1 Å². The van der Waals surface area contributed by atoms with E-state index in [2.05, 4.69) is 4.98 Å². The number of halogens is 2. The van der Waals surface area contributed by atoms with Crippen LogP contribution in [0.5, 0.6) is 5.75 Å². The summed E-state index contributed by atoms with van der Waals surface area (Å²) in [5, 5.41) is 0. The lowest BCUT2D eigenvalue weighted by Crippen LogP contribution is -2.15. The Morgan fingerprint density at radius 1 is 1.26 bits per heavy atom. The molecule has 1 heterocycles. The first-order valence-corrected chi connectivity index (χ1v) is 5.79. The van der Waals surface area contributed by atoms with Crippen molar-refractivity contribution in [2.45, 2.75) is 12.5 Å². The molecule has 0 aliphatic rings. The summed E-state index contributed by atoms with van der Waals surface area (Å²) in [5.41, 5.74) is 6.61. The van der Waals surface area contributed by atoms with Crippen molar-refractivity contribution in [3.63, 3.8) is 0 Å². The van der Waals surface area contributed by atoms with Crippen molar-refractivity contribution in [3.05, 3.63) is 59.4 Å².